The van der Waals surface area contributed by atoms with E-state index in [0.717, 1.165) is 11.1 Å². The van der Waals surface area contributed by atoms with Crippen LogP contribution in [0, 0.1) is 0 Å². The first-order valence-electron chi connectivity index (χ1n) is 5.27. The first-order chi connectivity index (χ1) is 8.99. The van der Waals surface area contributed by atoms with Crippen molar-refractivity contribution in [3.8, 4) is 0 Å². The number of aliphatic hydroxyl groups excluding tert-OH is 1. The van der Waals surface area contributed by atoms with Crippen molar-refractivity contribution in [3.05, 3.63) is 47.2 Å². The topological polar surface area (TPSA) is 59.2 Å². The largest absolute Gasteiger partial charge is 0.470 e. The lowest BCUT2D eigenvalue weighted by Crippen LogP contribution is -2.04. The lowest BCUT2D eigenvalue weighted by Gasteiger charge is -1.97. The van der Waals surface area contributed by atoms with Crippen LogP contribution >= 0.6 is 0 Å². The summed E-state index contributed by atoms with van der Waals surface area (Å²) in [6.07, 6.45) is -1.81. The van der Waals surface area contributed by atoms with Gasteiger partial charge in [0.05, 0.1) is 6.61 Å². The molecule has 1 N–H and O–H groups in total. The summed E-state index contributed by atoms with van der Waals surface area (Å²) >= 11 is 0. The molecule has 7 heteroatoms. The molecule has 0 radical (unpaired) electrons. The highest BCUT2D eigenvalue weighted by atomic mass is 19.4. The Morgan fingerprint density at radius 3 is 2.32 bits per heavy atom. The zero-order valence-electron chi connectivity index (χ0n) is 9.55. The van der Waals surface area contributed by atoms with Gasteiger partial charge in [-0.2, -0.15) is 13.2 Å². The van der Waals surface area contributed by atoms with E-state index in [2.05, 4.69) is 14.6 Å². The Morgan fingerprint density at radius 1 is 1.11 bits per heavy atom. The number of alkyl halides is 3. The zero-order valence-corrected chi connectivity index (χ0v) is 9.55. The Bertz CT molecular complexity index is 573. The van der Waals surface area contributed by atoms with Crippen LogP contribution in [0.5, 0.6) is 0 Å². The molecule has 0 bridgehead atoms. The fourth-order valence-electron chi connectivity index (χ4n) is 1.32. The van der Waals surface area contributed by atoms with Crippen molar-refractivity contribution >= 4 is 12.2 Å². The number of hydrogen-bond acceptors (Lipinski definition) is 4. The van der Waals surface area contributed by atoms with Crippen molar-refractivity contribution < 1.29 is 22.7 Å². The number of aliphatic hydroxyl groups is 1. The van der Waals surface area contributed by atoms with E-state index in [1.165, 1.54) is 12.2 Å². The number of nitrogens with zero attached hydrogens (tertiary/aromatic N) is 2. The molecule has 100 valence electrons. The molecule has 0 aliphatic heterocycles. The van der Waals surface area contributed by atoms with Gasteiger partial charge in [-0.25, -0.2) is 0 Å². The molecule has 0 unspecified atom stereocenters. The smallest absolute Gasteiger partial charge is 0.413 e. The highest BCUT2D eigenvalue weighted by Gasteiger charge is 2.37. The molecule has 0 atom stereocenters. The fraction of sp³-hybridized carbons (Fsp3) is 0.167. The van der Waals surface area contributed by atoms with E-state index in [1.807, 2.05) is 0 Å². The predicted octanol–water partition coefficient (Wildman–Crippen LogP) is 2.75. The van der Waals surface area contributed by atoms with Gasteiger partial charge in [0.25, 0.3) is 0 Å². The van der Waals surface area contributed by atoms with Gasteiger partial charge in [-0.3, -0.25) is 0 Å². The molecule has 0 fully saturated rings. The van der Waals surface area contributed by atoms with Crippen LogP contribution in [-0.2, 0) is 12.8 Å². The van der Waals surface area contributed by atoms with Crippen molar-refractivity contribution in [2.75, 3.05) is 0 Å². The summed E-state index contributed by atoms with van der Waals surface area (Å²) in [5.41, 5.74) is 1.48. The Hall–Kier alpha value is -2.15. The summed E-state index contributed by atoms with van der Waals surface area (Å²) in [4.78, 5) is 0. The summed E-state index contributed by atoms with van der Waals surface area (Å²) in [5, 5.41) is 15.0. The monoisotopic (exact) mass is 270 g/mol. The summed E-state index contributed by atoms with van der Waals surface area (Å²) in [6, 6.07) is 6.83. The van der Waals surface area contributed by atoms with Crippen molar-refractivity contribution in [1.82, 2.24) is 10.2 Å². The van der Waals surface area contributed by atoms with E-state index in [0.29, 0.717) is 0 Å². The third-order valence-electron chi connectivity index (χ3n) is 2.26. The lowest BCUT2D eigenvalue weighted by atomic mass is 10.1. The predicted molar refractivity (Wildman–Crippen MR) is 60.6 cm³/mol. The van der Waals surface area contributed by atoms with E-state index < -0.39 is 12.1 Å². The third kappa shape index (κ3) is 3.41. The quantitative estimate of drug-likeness (QED) is 0.931. The van der Waals surface area contributed by atoms with Crippen molar-refractivity contribution in [1.29, 1.82) is 0 Å². The average Bonchev–Trinajstić information content (AvgIpc) is 2.86. The molecule has 4 nitrogen and oxygen atoms in total. The zero-order chi connectivity index (χ0) is 13.9. The van der Waals surface area contributed by atoms with Crippen molar-refractivity contribution in [3.63, 3.8) is 0 Å². The number of aromatic nitrogens is 2. The minimum Gasteiger partial charge on any atom is -0.413 e. The molecule has 0 spiro atoms. The molecule has 0 aliphatic rings. The molecular weight excluding hydrogens is 261 g/mol. The first kappa shape index (κ1) is 13.3. The third-order valence-corrected chi connectivity index (χ3v) is 2.26. The van der Waals surface area contributed by atoms with Crippen molar-refractivity contribution in [2.45, 2.75) is 12.8 Å². The molecule has 2 aromatic rings. The Labute approximate surface area is 106 Å². The van der Waals surface area contributed by atoms with Gasteiger partial charge in [0.1, 0.15) is 0 Å². The standard InChI is InChI=1S/C12H9F3N2O2/c13-12(14,15)11-17-16-10(19-11)6-5-8-1-3-9(7-18)4-2-8/h1-6,18H,7H2. The normalized spacial score (nSPS) is 12.2. The summed E-state index contributed by atoms with van der Waals surface area (Å²) < 4.78 is 41.1. The molecule has 0 amide bonds. The van der Waals surface area contributed by atoms with Gasteiger partial charge in [0.2, 0.25) is 5.89 Å². The number of rotatable bonds is 3. The Balaban J connectivity index is 2.11. The minimum atomic E-state index is -4.64. The molecule has 1 aromatic heterocycles. The van der Waals surface area contributed by atoms with Gasteiger partial charge in [-0.1, -0.05) is 24.3 Å². The van der Waals surface area contributed by atoms with Crippen molar-refractivity contribution in [2.24, 2.45) is 0 Å². The van der Waals surface area contributed by atoms with Crippen LogP contribution in [0.25, 0.3) is 12.2 Å². The molecular formula is C12H9F3N2O2. The molecule has 19 heavy (non-hydrogen) atoms. The maximum absolute atomic E-state index is 12.2. The van der Waals surface area contributed by atoms with Crippen LogP contribution in [-0.4, -0.2) is 15.3 Å². The maximum Gasteiger partial charge on any atom is 0.470 e. The summed E-state index contributed by atoms with van der Waals surface area (Å²) in [6.45, 7) is -0.0669. The summed E-state index contributed by atoms with van der Waals surface area (Å²) in [7, 11) is 0. The number of hydrogen-bond donors (Lipinski definition) is 1. The summed E-state index contributed by atoms with van der Waals surface area (Å²) in [5.74, 6) is -1.60. The van der Waals surface area contributed by atoms with Crippen LogP contribution < -0.4 is 0 Å². The Morgan fingerprint density at radius 2 is 1.79 bits per heavy atom. The van der Waals surface area contributed by atoms with Crippen LogP contribution in [0.3, 0.4) is 0 Å². The van der Waals surface area contributed by atoms with Crippen LogP contribution in [0.1, 0.15) is 22.9 Å². The van der Waals surface area contributed by atoms with Gasteiger partial charge in [0, 0.05) is 6.08 Å². The Kier molecular flexibility index (Phi) is 3.66. The maximum atomic E-state index is 12.2. The molecule has 0 saturated heterocycles. The highest BCUT2D eigenvalue weighted by molar-refractivity contribution is 5.65. The van der Waals surface area contributed by atoms with E-state index in [9.17, 15) is 13.2 Å². The molecule has 1 heterocycles. The van der Waals surface area contributed by atoms with Crippen LogP contribution in [0.15, 0.2) is 28.7 Å². The highest BCUT2D eigenvalue weighted by Crippen LogP contribution is 2.27. The SMILES string of the molecule is OCc1ccc(C=Cc2nnc(C(F)(F)F)o2)cc1. The van der Waals surface area contributed by atoms with Gasteiger partial charge < -0.3 is 9.52 Å². The number of benzene rings is 1. The van der Waals surface area contributed by atoms with E-state index in [1.54, 1.807) is 24.3 Å². The van der Waals surface area contributed by atoms with E-state index >= 15 is 0 Å². The second-order valence-corrected chi connectivity index (χ2v) is 3.68. The molecule has 0 saturated carbocycles. The van der Waals surface area contributed by atoms with Gasteiger partial charge in [0.15, 0.2) is 0 Å². The van der Waals surface area contributed by atoms with Gasteiger partial charge >= 0.3 is 12.1 Å². The van der Waals surface area contributed by atoms with Gasteiger partial charge in [-0.15, -0.1) is 10.2 Å². The molecule has 2 rings (SSSR count). The van der Waals surface area contributed by atoms with Crippen LogP contribution in [0.4, 0.5) is 13.2 Å². The number of halogens is 3. The average molecular weight is 270 g/mol. The fourth-order valence-corrected chi connectivity index (χ4v) is 1.32. The molecule has 0 aliphatic carbocycles. The van der Waals surface area contributed by atoms with Gasteiger partial charge in [-0.05, 0) is 17.2 Å². The second-order valence-electron chi connectivity index (χ2n) is 3.68. The van der Waals surface area contributed by atoms with E-state index in [-0.39, 0.29) is 12.5 Å². The van der Waals surface area contributed by atoms with E-state index in [4.69, 9.17) is 5.11 Å². The second kappa shape index (κ2) is 5.23. The minimum absolute atomic E-state index is 0.0669. The van der Waals surface area contributed by atoms with Crippen LogP contribution in [0.2, 0.25) is 0 Å². The molecule has 1 aromatic carbocycles. The lowest BCUT2D eigenvalue weighted by molar-refractivity contribution is -0.157. The first-order valence-corrected chi connectivity index (χ1v) is 5.27.